The molecule has 1 aromatic rings. The van der Waals surface area contributed by atoms with Crippen molar-refractivity contribution in [2.24, 2.45) is 5.73 Å². The van der Waals surface area contributed by atoms with Gasteiger partial charge in [0.1, 0.15) is 6.07 Å². The van der Waals surface area contributed by atoms with Gasteiger partial charge >= 0.3 is 5.69 Å². The molecule has 0 radical (unpaired) electrons. The number of carbonyl (C=O) groups is 1. The van der Waals surface area contributed by atoms with Gasteiger partial charge < -0.3 is 10.5 Å². The maximum absolute atomic E-state index is 11.0. The van der Waals surface area contributed by atoms with Crippen LogP contribution in [0.4, 0.5) is 5.69 Å². The van der Waals surface area contributed by atoms with Crippen molar-refractivity contribution in [3.63, 3.8) is 0 Å². The van der Waals surface area contributed by atoms with Gasteiger partial charge in [0.25, 0.3) is 0 Å². The third-order valence-corrected chi connectivity index (χ3v) is 1.90. The number of methoxy groups -OCH3 is 1. The molecule has 0 saturated carbocycles. The smallest absolute Gasteiger partial charge is 0.311 e. The number of rotatable bonds is 3. The lowest BCUT2D eigenvalue weighted by Gasteiger charge is -2.04. The van der Waals surface area contributed by atoms with Crippen molar-refractivity contribution in [2.45, 2.75) is 0 Å². The molecule has 0 saturated heterocycles. The van der Waals surface area contributed by atoms with E-state index in [0.29, 0.717) is 0 Å². The lowest BCUT2D eigenvalue weighted by molar-refractivity contribution is -0.385. The number of primary amides is 1. The second kappa shape index (κ2) is 4.27. The van der Waals surface area contributed by atoms with E-state index in [1.54, 1.807) is 6.07 Å². The number of nitrogens with two attached hydrogens (primary N) is 1. The van der Waals surface area contributed by atoms with Gasteiger partial charge in [0.15, 0.2) is 5.75 Å². The summed E-state index contributed by atoms with van der Waals surface area (Å²) in [5, 5.41) is 19.4. The predicted molar refractivity (Wildman–Crippen MR) is 52.9 cm³/mol. The van der Waals surface area contributed by atoms with Crippen molar-refractivity contribution in [3.05, 3.63) is 33.4 Å². The molecule has 0 aliphatic rings. The molecule has 1 amide bonds. The number of ether oxygens (including phenoxy) is 1. The zero-order chi connectivity index (χ0) is 12.3. The Morgan fingerprint density at radius 3 is 2.62 bits per heavy atom. The van der Waals surface area contributed by atoms with Gasteiger partial charge in [-0.3, -0.25) is 14.9 Å². The van der Waals surface area contributed by atoms with Crippen LogP contribution in [0.15, 0.2) is 12.1 Å². The number of hydrogen-bond donors (Lipinski definition) is 1. The van der Waals surface area contributed by atoms with E-state index in [0.717, 1.165) is 12.1 Å². The number of amides is 1. The van der Waals surface area contributed by atoms with Gasteiger partial charge in [-0.15, -0.1) is 0 Å². The van der Waals surface area contributed by atoms with Gasteiger partial charge in [-0.05, 0) is 0 Å². The van der Waals surface area contributed by atoms with Crippen LogP contribution in [-0.4, -0.2) is 17.9 Å². The number of nitrogens with zero attached hydrogens (tertiary/aromatic N) is 2. The molecule has 1 rings (SSSR count). The van der Waals surface area contributed by atoms with Crippen molar-refractivity contribution < 1.29 is 14.5 Å². The van der Waals surface area contributed by atoms with E-state index in [1.165, 1.54) is 7.11 Å². The molecule has 0 aromatic heterocycles. The summed E-state index contributed by atoms with van der Waals surface area (Å²) >= 11 is 0. The molecule has 0 fully saturated rings. The minimum atomic E-state index is -0.901. The highest BCUT2D eigenvalue weighted by molar-refractivity contribution is 5.96. The van der Waals surface area contributed by atoms with Crippen molar-refractivity contribution in [3.8, 4) is 11.8 Å². The van der Waals surface area contributed by atoms with E-state index in [2.05, 4.69) is 0 Å². The van der Waals surface area contributed by atoms with Crippen LogP contribution in [0.25, 0.3) is 0 Å². The molecule has 0 atom stereocenters. The van der Waals surface area contributed by atoms with Gasteiger partial charge in [-0.25, -0.2) is 0 Å². The quantitative estimate of drug-likeness (QED) is 0.591. The number of nitriles is 1. The van der Waals surface area contributed by atoms with Gasteiger partial charge in [0, 0.05) is 12.1 Å². The lowest BCUT2D eigenvalue weighted by atomic mass is 10.1. The zero-order valence-corrected chi connectivity index (χ0v) is 8.26. The monoisotopic (exact) mass is 221 g/mol. The Kier molecular flexibility index (Phi) is 3.06. The third-order valence-electron chi connectivity index (χ3n) is 1.90. The number of nitro groups is 1. The normalized spacial score (nSPS) is 9.25. The van der Waals surface area contributed by atoms with Gasteiger partial charge in [0.2, 0.25) is 5.91 Å². The van der Waals surface area contributed by atoms with Crippen molar-refractivity contribution in [1.82, 2.24) is 0 Å². The largest absolute Gasteiger partial charge is 0.490 e. The maximum atomic E-state index is 11.0. The highest BCUT2D eigenvalue weighted by Crippen LogP contribution is 2.29. The maximum Gasteiger partial charge on any atom is 0.311 e. The topological polar surface area (TPSA) is 119 Å². The van der Waals surface area contributed by atoms with Crippen LogP contribution in [-0.2, 0) is 0 Å². The second-order valence-electron chi connectivity index (χ2n) is 2.80. The van der Waals surface area contributed by atoms with E-state index in [-0.39, 0.29) is 16.9 Å². The van der Waals surface area contributed by atoms with Crippen LogP contribution in [0.1, 0.15) is 15.9 Å². The Labute approximate surface area is 90.2 Å². The van der Waals surface area contributed by atoms with Crippen molar-refractivity contribution in [2.75, 3.05) is 7.11 Å². The molecule has 0 unspecified atom stereocenters. The van der Waals surface area contributed by atoms with Crippen LogP contribution < -0.4 is 10.5 Å². The second-order valence-corrected chi connectivity index (χ2v) is 2.80. The van der Waals surface area contributed by atoms with E-state index in [9.17, 15) is 14.9 Å². The highest BCUT2D eigenvalue weighted by atomic mass is 16.6. The highest BCUT2D eigenvalue weighted by Gasteiger charge is 2.21. The number of benzene rings is 1. The summed E-state index contributed by atoms with van der Waals surface area (Å²) in [6, 6.07) is 3.75. The fraction of sp³-hybridized carbons (Fsp3) is 0.111. The molecular weight excluding hydrogens is 214 g/mol. The van der Waals surface area contributed by atoms with Crippen molar-refractivity contribution >= 4 is 11.6 Å². The SMILES string of the molecule is COc1cc(C#N)c(C(N)=O)cc1[N+](=O)[O-]. The Morgan fingerprint density at radius 2 is 2.25 bits per heavy atom. The number of nitro benzene ring substituents is 1. The molecule has 16 heavy (non-hydrogen) atoms. The Morgan fingerprint density at radius 1 is 1.62 bits per heavy atom. The van der Waals surface area contributed by atoms with Crippen molar-refractivity contribution in [1.29, 1.82) is 5.26 Å². The van der Waals surface area contributed by atoms with Crippen LogP contribution in [0.2, 0.25) is 0 Å². The molecule has 0 aliphatic heterocycles. The van der Waals surface area contributed by atoms with Crippen LogP contribution in [0.5, 0.6) is 5.75 Å². The molecule has 0 spiro atoms. The van der Waals surface area contributed by atoms with E-state index in [1.807, 2.05) is 0 Å². The summed E-state index contributed by atoms with van der Waals surface area (Å²) in [6.45, 7) is 0. The summed E-state index contributed by atoms with van der Waals surface area (Å²) < 4.78 is 4.74. The van der Waals surface area contributed by atoms with Gasteiger partial charge in [0.05, 0.1) is 23.2 Å². The standard InChI is InChI=1S/C9H7N3O4/c1-16-8-2-5(4-10)6(9(11)13)3-7(8)12(14)15/h2-3H,1H3,(H2,11,13). The molecule has 2 N–H and O–H groups in total. The van der Waals surface area contributed by atoms with Gasteiger partial charge in [-0.2, -0.15) is 5.26 Å². The summed E-state index contributed by atoms with van der Waals surface area (Å²) in [5.74, 6) is -0.992. The van der Waals surface area contributed by atoms with Crippen LogP contribution in [0, 0.1) is 21.4 Å². The molecule has 7 nitrogen and oxygen atoms in total. The molecule has 1 aromatic carbocycles. The van der Waals surface area contributed by atoms with Crippen LogP contribution in [0.3, 0.4) is 0 Å². The summed E-state index contributed by atoms with van der Waals surface area (Å²) in [7, 11) is 1.23. The summed E-state index contributed by atoms with van der Waals surface area (Å²) in [5.41, 5.74) is 4.33. The average molecular weight is 221 g/mol. The third kappa shape index (κ3) is 1.90. The van der Waals surface area contributed by atoms with Gasteiger partial charge in [-0.1, -0.05) is 0 Å². The molecule has 0 bridgehead atoms. The van der Waals surface area contributed by atoms with Crippen LogP contribution >= 0.6 is 0 Å². The summed E-state index contributed by atoms with van der Waals surface area (Å²) in [6.07, 6.45) is 0. The number of hydrogen-bond acceptors (Lipinski definition) is 5. The molecule has 7 heteroatoms. The lowest BCUT2D eigenvalue weighted by Crippen LogP contribution is -2.13. The molecular formula is C9H7N3O4. The number of carbonyl (C=O) groups excluding carboxylic acids is 1. The first-order valence-corrected chi connectivity index (χ1v) is 4.07. The fourth-order valence-electron chi connectivity index (χ4n) is 1.17. The first kappa shape index (κ1) is 11.5. The summed E-state index contributed by atoms with van der Waals surface area (Å²) in [4.78, 5) is 20.9. The van der Waals surface area contributed by atoms with E-state index < -0.39 is 16.5 Å². The average Bonchev–Trinajstić information content (AvgIpc) is 2.26. The van der Waals surface area contributed by atoms with E-state index in [4.69, 9.17) is 15.7 Å². The minimum absolute atomic E-state index is 0.0602. The Bertz CT molecular complexity index is 504. The van der Waals surface area contributed by atoms with E-state index >= 15 is 0 Å². The molecule has 0 aliphatic carbocycles. The zero-order valence-electron chi connectivity index (χ0n) is 8.26. The predicted octanol–water partition coefficient (Wildman–Crippen LogP) is 0.574. The first-order valence-electron chi connectivity index (χ1n) is 4.07. The minimum Gasteiger partial charge on any atom is -0.490 e. The Hall–Kier alpha value is -2.62. The Balaban J connectivity index is 3.54. The molecule has 0 heterocycles. The first-order chi connectivity index (χ1) is 7.51. The fourth-order valence-corrected chi connectivity index (χ4v) is 1.17. The molecule has 82 valence electrons.